The number of nitrogens with zero attached hydrogens (tertiary/aromatic N) is 1. The minimum atomic E-state index is 0.0263. The van der Waals surface area contributed by atoms with Crippen LogP contribution in [0, 0.1) is 0 Å². The average molecular weight is 403 g/mol. The van der Waals surface area contributed by atoms with Gasteiger partial charge in [-0.2, -0.15) is 0 Å². The molecule has 0 radical (unpaired) electrons. The molecular formula is C26H30N2O2. The first-order valence-electron chi connectivity index (χ1n) is 10.9. The lowest BCUT2D eigenvalue weighted by atomic mass is 10.0. The van der Waals surface area contributed by atoms with Crippen LogP contribution < -0.4 is 10.1 Å². The van der Waals surface area contributed by atoms with E-state index in [0.29, 0.717) is 12.5 Å². The van der Waals surface area contributed by atoms with Gasteiger partial charge in [-0.05, 0) is 55.2 Å². The summed E-state index contributed by atoms with van der Waals surface area (Å²) in [7, 11) is 0. The Morgan fingerprint density at radius 3 is 2.57 bits per heavy atom. The Hall–Kier alpha value is -2.85. The molecule has 1 fully saturated rings. The summed E-state index contributed by atoms with van der Waals surface area (Å²) in [5, 5.41) is 5.60. The molecule has 156 valence electrons. The Bertz CT molecular complexity index is 1010. The van der Waals surface area contributed by atoms with E-state index < -0.39 is 0 Å². The molecule has 0 unspecified atom stereocenters. The molecule has 0 spiro atoms. The molecule has 1 aliphatic carbocycles. The Morgan fingerprint density at radius 1 is 1.03 bits per heavy atom. The van der Waals surface area contributed by atoms with Crippen molar-refractivity contribution in [1.29, 1.82) is 0 Å². The second kappa shape index (κ2) is 9.31. The molecule has 1 aliphatic rings. The maximum Gasteiger partial charge on any atom is 0.225 e. The van der Waals surface area contributed by atoms with Crippen LogP contribution in [0.1, 0.15) is 38.7 Å². The van der Waals surface area contributed by atoms with Crippen molar-refractivity contribution in [1.82, 2.24) is 4.90 Å². The molecule has 0 saturated heterocycles. The molecule has 0 aliphatic heterocycles. The molecule has 30 heavy (non-hydrogen) atoms. The Labute approximate surface area is 178 Å². The van der Waals surface area contributed by atoms with Gasteiger partial charge in [-0.3, -0.25) is 9.69 Å². The van der Waals surface area contributed by atoms with Crippen LogP contribution in [0.2, 0.25) is 0 Å². The number of benzene rings is 3. The maximum atomic E-state index is 12.7. The van der Waals surface area contributed by atoms with Crippen molar-refractivity contribution in [2.45, 2.75) is 51.8 Å². The lowest BCUT2D eigenvalue weighted by molar-refractivity contribution is -0.116. The van der Waals surface area contributed by atoms with Crippen molar-refractivity contribution in [3.05, 3.63) is 72.3 Å². The summed E-state index contributed by atoms with van der Waals surface area (Å²) in [5.41, 5.74) is 2.07. The summed E-state index contributed by atoms with van der Waals surface area (Å²) in [6.45, 7) is 5.61. The molecular weight excluding hydrogens is 372 g/mol. The minimum Gasteiger partial charge on any atom is -0.489 e. The van der Waals surface area contributed by atoms with Crippen LogP contribution in [0.25, 0.3) is 10.8 Å². The zero-order chi connectivity index (χ0) is 20.9. The van der Waals surface area contributed by atoms with E-state index >= 15 is 0 Å². The summed E-state index contributed by atoms with van der Waals surface area (Å²) < 4.78 is 5.81. The molecule has 1 saturated carbocycles. The van der Waals surface area contributed by atoms with Gasteiger partial charge in [-0.15, -0.1) is 0 Å². The Morgan fingerprint density at radius 2 is 1.77 bits per heavy atom. The molecule has 4 heteroatoms. The number of carbonyl (C=O) groups excluding carboxylic acids is 1. The van der Waals surface area contributed by atoms with E-state index in [1.165, 1.54) is 29.2 Å². The molecule has 4 nitrogen and oxygen atoms in total. The van der Waals surface area contributed by atoms with Crippen LogP contribution in [0.3, 0.4) is 0 Å². The fraction of sp³-hybridized carbons (Fsp3) is 0.346. The highest BCUT2D eigenvalue weighted by atomic mass is 16.5. The van der Waals surface area contributed by atoms with Crippen LogP contribution in [0.4, 0.5) is 5.69 Å². The fourth-order valence-electron chi connectivity index (χ4n) is 3.86. The standard InChI is InChI=1S/C26H30N2O2/c1-19(2)30-25-13-6-5-12-24(25)27-26(29)16-17-28(22-14-15-22)18-21-10-7-9-20-8-3-4-11-23(20)21/h3-13,19,22H,14-18H2,1-2H3,(H,27,29). The molecule has 0 atom stereocenters. The molecule has 0 aromatic heterocycles. The molecule has 0 bridgehead atoms. The summed E-state index contributed by atoms with van der Waals surface area (Å²) in [5.74, 6) is 0.744. The number of fused-ring (bicyclic) bond motifs is 1. The molecule has 1 N–H and O–H groups in total. The topological polar surface area (TPSA) is 41.6 Å². The first-order chi connectivity index (χ1) is 14.6. The predicted molar refractivity (Wildman–Crippen MR) is 123 cm³/mol. The number of nitrogens with one attached hydrogen (secondary N) is 1. The zero-order valence-corrected chi connectivity index (χ0v) is 17.8. The third kappa shape index (κ3) is 5.19. The van der Waals surface area contributed by atoms with E-state index in [1.54, 1.807) is 0 Å². The van der Waals surface area contributed by atoms with Crippen LogP contribution >= 0.6 is 0 Å². The van der Waals surface area contributed by atoms with Gasteiger partial charge in [0.2, 0.25) is 5.91 Å². The largest absolute Gasteiger partial charge is 0.489 e. The Balaban J connectivity index is 1.40. The monoisotopic (exact) mass is 402 g/mol. The second-order valence-electron chi connectivity index (χ2n) is 8.30. The fourth-order valence-corrected chi connectivity index (χ4v) is 3.86. The van der Waals surface area contributed by atoms with E-state index in [9.17, 15) is 4.79 Å². The van der Waals surface area contributed by atoms with Crippen molar-refractivity contribution in [2.24, 2.45) is 0 Å². The number of hydrogen-bond donors (Lipinski definition) is 1. The number of carbonyl (C=O) groups is 1. The van der Waals surface area contributed by atoms with Gasteiger partial charge < -0.3 is 10.1 Å². The van der Waals surface area contributed by atoms with Crippen LogP contribution in [0.5, 0.6) is 5.75 Å². The Kier molecular flexibility index (Phi) is 6.34. The van der Waals surface area contributed by atoms with Gasteiger partial charge in [0.05, 0.1) is 11.8 Å². The number of para-hydroxylation sites is 2. The van der Waals surface area contributed by atoms with Crippen LogP contribution in [-0.4, -0.2) is 29.5 Å². The summed E-state index contributed by atoms with van der Waals surface area (Å²) in [4.78, 5) is 15.1. The zero-order valence-electron chi connectivity index (χ0n) is 17.8. The third-order valence-electron chi connectivity index (χ3n) is 5.47. The van der Waals surface area contributed by atoms with Crippen molar-refractivity contribution in [3.8, 4) is 5.75 Å². The molecule has 0 heterocycles. The van der Waals surface area contributed by atoms with Gasteiger partial charge in [0, 0.05) is 25.6 Å². The number of rotatable bonds is 9. The molecule has 1 amide bonds. The van der Waals surface area contributed by atoms with Crippen molar-refractivity contribution in [3.63, 3.8) is 0 Å². The van der Waals surface area contributed by atoms with Crippen molar-refractivity contribution < 1.29 is 9.53 Å². The smallest absolute Gasteiger partial charge is 0.225 e. The maximum absolute atomic E-state index is 12.7. The first-order valence-corrected chi connectivity index (χ1v) is 10.9. The summed E-state index contributed by atoms with van der Waals surface area (Å²) in [6.07, 6.45) is 2.97. The van der Waals surface area contributed by atoms with Gasteiger partial charge in [-0.1, -0.05) is 54.6 Å². The lowest BCUT2D eigenvalue weighted by Gasteiger charge is -2.23. The van der Waals surface area contributed by atoms with Gasteiger partial charge in [0.25, 0.3) is 0 Å². The lowest BCUT2D eigenvalue weighted by Crippen LogP contribution is -2.29. The molecule has 4 rings (SSSR count). The van der Waals surface area contributed by atoms with Gasteiger partial charge >= 0.3 is 0 Å². The van der Waals surface area contributed by atoms with Crippen molar-refractivity contribution >= 4 is 22.4 Å². The second-order valence-corrected chi connectivity index (χ2v) is 8.30. The van der Waals surface area contributed by atoms with Crippen LogP contribution in [-0.2, 0) is 11.3 Å². The average Bonchev–Trinajstić information content (AvgIpc) is 3.57. The van der Waals surface area contributed by atoms with E-state index in [0.717, 1.165) is 24.5 Å². The SMILES string of the molecule is CC(C)Oc1ccccc1NC(=O)CCN(Cc1cccc2ccccc12)C1CC1. The highest BCUT2D eigenvalue weighted by molar-refractivity contribution is 5.92. The number of hydrogen-bond acceptors (Lipinski definition) is 3. The van der Waals surface area contributed by atoms with Gasteiger partial charge in [0.15, 0.2) is 0 Å². The van der Waals surface area contributed by atoms with E-state index in [1.807, 2.05) is 38.1 Å². The van der Waals surface area contributed by atoms with Crippen molar-refractivity contribution in [2.75, 3.05) is 11.9 Å². The summed E-state index contributed by atoms with van der Waals surface area (Å²) >= 11 is 0. The third-order valence-corrected chi connectivity index (χ3v) is 5.47. The van der Waals surface area contributed by atoms with Crippen LogP contribution in [0.15, 0.2) is 66.7 Å². The number of amides is 1. The van der Waals surface area contributed by atoms with Gasteiger partial charge in [-0.25, -0.2) is 0 Å². The number of anilines is 1. The normalized spacial score (nSPS) is 13.7. The molecule has 3 aromatic carbocycles. The van der Waals surface area contributed by atoms with E-state index in [2.05, 4.69) is 52.7 Å². The van der Waals surface area contributed by atoms with Gasteiger partial charge in [0.1, 0.15) is 5.75 Å². The summed E-state index contributed by atoms with van der Waals surface area (Å²) in [6, 6.07) is 23.2. The highest BCUT2D eigenvalue weighted by Crippen LogP contribution is 2.30. The minimum absolute atomic E-state index is 0.0263. The predicted octanol–water partition coefficient (Wildman–Crippen LogP) is 5.62. The molecule has 3 aromatic rings. The highest BCUT2D eigenvalue weighted by Gasteiger charge is 2.29. The first kappa shape index (κ1) is 20.4. The number of ether oxygens (including phenoxy) is 1. The quantitative estimate of drug-likeness (QED) is 0.505. The van der Waals surface area contributed by atoms with E-state index in [4.69, 9.17) is 4.74 Å². The van der Waals surface area contributed by atoms with E-state index in [-0.39, 0.29) is 12.0 Å².